The molecule has 210 valence electrons. The van der Waals surface area contributed by atoms with Gasteiger partial charge in [0.1, 0.15) is 11.4 Å². The third-order valence-electron chi connectivity index (χ3n) is 7.35. The zero-order valence-electron chi connectivity index (χ0n) is 23.4. The summed E-state index contributed by atoms with van der Waals surface area (Å²) in [6, 6.07) is 16.6. The number of fused-ring (bicyclic) bond motifs is 1. The van der Waals surface area contributed by atoms with Gasteiger partial charge in [-0.1, -0.05) is 48.2 Å². The Balaban J connectivity index is 1.58. The molecule has 4 aromatic rings. The summed E-state index contributed by atoms with van der Waals surface area (Å²) >= 11 is 0. The second-order valence-corrected chi connectivity index (χ2v) is 10.2. The normalized spacial score (nSPS) is 14.2. The maximum Gasteiger partial charge on any atom is 0.264 e. The molecule has 2 aromatic heterocycles. The van der Waals surface area contributed by atoms with Gasteiger partial charge in [-0.05, 0) is 62.5 Å². The van der Waals surface area contributed by atoms with Gasteiger partial charge in [0.2, 0.25) is 0 Å². The van der Waals surface area contributed by atoms with Crippen LogP contribution in [0.1, 0.15) is 47.4 Å². The van der Waals surface area contributed by atoms with Gasteiger partial charge < -0.3 is 21.7 Å². The van der Waals surface area contributed by atoms with E-state index < -0.39 is 11.9 Å². The second-order valence-electron chi connectivity index (χ2n) is 10.2. The van der Waals surface area contributed by atoms with Crippen molar-refractivity contribution in [3.05, 3.63) is 94.4 Å². The van der Waals surface area contributed by atoms with Crippen LogP contribution in [0.5, 0.6) is 0 Å². The fourth-order valence-corrected chi connectivity index (χ4v) is 5.28. The number of nitrogen functional groups attached to an aromatic ring is 1. The van der Waals surface area contributed by atoms with E-state index in [0.29, 0.717) is 40.6 Å². The van der Waals surface area contributed by atoms with Crippen LogP contribution in [-0.2, 0) is 7.05 Å². The van der Waals surface area contributed by atoms with E-state index in [0.717, 1.165) is 31.3 Å². The topological polar surface area (TPSA) is 119 Å². The molecule has 1 aliphatic heterocycles. The molecule has 1 atom stereocenters. The van der Waals surface area contributed by atoms with Crippen LogP contribution in [0.2, 0.25) is 0 Å². The predicted molar refractivity (Wildman–Crippen MR) is 164 cm³/mol. The number of pyridine rings is 1. The van der Waals surface area contributed by atoms with E-state index in [9.17, 15) is 9.59 Å². The molecule has 2 aromatic carbocycles. The number of anilines is 2. The third-order valence-corrected chi connectivity index (χ3v) is 7.35. The number of nitrogens with zero attached hydrogens (tertiary/aromatic N) is 3. The number of nitrogens with one attached hydrogen (secondary N) is 3. The zero-order valence-corrected chi connectivity index (χ0v) is 23.4. The van der Waals surface area contributed by atoms with E-state index in [-0.39, 0.29) is 16.9 Å². The van der Waals surface area contributed by atoms with Gasteiger partial charge in [-0.2, -0.15) is 5.10 Å². The molecule has 0 saturated carbocycles. The molecule has 3 heterocycles. The summed E-state index contributed by atoms with van der Waals surface area (Å²) in [5.41, 5.74) is 8.21. The van der Waals surface area contributed by atoms with Crippen molar-refractivity contribution in [1.29, 1.82) is 0 Å². The molecule has 9 heteroatoms. The number of hydrogen-bond acceptors (Lipinski definition) is 6. The quantitative estimate of drug-likeness (QED) is 0.206. The Morgan fingerprint density at radius 2 is 1.98 bits per heavy atom. The Morgan fingerprint density at radius 1 is 1.22 bits per heavy atom. The molecule has 1 aliphatic rings. The summed E-state index contributed by atoms with van der Waals surface area (Å²) < 4.78 is 3.19. The van der Waals surface area contributed by atoms with Gasteiger partial charge in [-0.15, -0.1) is 6.58 Å². The highest BCUT2D eigenvalue weighted by Gasteiger charge is 2.25. The lowest BCUT2D eigenvalue weighted by Gasteiger charge is -2.21. The van der Waals surface area contributed by atoms with Crippen LogP contribution in [0.4, 0.5) is 11.6 Å². The van der Waals surface area contributed by atoms with Crippen LogP contribution < -0.4 is 27.2 Å². The lowest BCUT2D eigenvalue weighted by atomic mass is 9.97. The highest BCUT2D eigenvalue weighted by molar-refractivity contribution is 6.03. The monoisotopic (exact) mass is 549 g/mol. The maximum absolute atomic E-state index is 14.2. The molecule has 1 amide bonds. The summed E-state index contributed by atoms with van der Waals surface area (Å²) in [4.78, 5) is 27.7. The van der Waals surface area contributed by atoms with Gasteiger partial charge in [0.25, 0.3) is 11.5 Å². The standard InChI is InChI=1S/C32H35N7O2/c1-4-17-35-30-28(29(33)37-38(30)3)31(40)36-21(2)26-20-24-10-8-9-23(14-13-22-15-18-34-19-16-22)27(24)32(41)39(26)25-11-6-5-7-12-25/h4-12,20-22,34-35H,1,15-19H2,2-3H3,(H2,33,37)(H,36,40). The summed E-state index contributed by atoms with van der Waals surface area (Å²) in [5, 5.41) is 15.1. The first-order chi connectivity index (χ1) is 19.9. The van der Waals surface area contributed by atoms with Crippen molar-refractivity contribution in [2.75, 3.05) is 30.7 Å². The number of piperidine rings is 1. The molecule has 1 fully saturated rings. The first-order valence-corrected chi connectivity index (χ1v) is 13.8. The number of hydrogen-bond donors (Lipinski definition) is 4. The van der Waals surface area contributed by atoms with Gasteiger partial charge in [-0.25, -0.2) is 0 Å². The predicted octanol–water partition coefficient (Wildman–Crippen LogP) is 3.75. The summed E-state index contributed by atoms with van der Waals surface area (Å²) in [7, 11) is 1.71. The van der Waals surface area contributed by atoms with E-state index in [1.807, 2.05) is 61.5 Å². The van der Waals surface area contributed by atoms with Crippen molar-refractivity contribution in [3.63, 3.8) is 0 Å². The van der Waals surface area contributed by atoms with Crippen LogP contribution in [0.25, 0.3) is 16.5 Å². The zero-order chi connectivity index (χ0) is 28.9. The summed E-state index contributed by atoms with van der Waals surface area (Å²) in [5.74, 6) is 7.22. The Hall–Kier alpha value is -4.81. The number of aromatic nitrogens is 3. The highest BCUT2D eigenvalue weighted by Crippen LogP contribution is 2.26. The number of nitrogens with two attached hydrogens (primary N) is 1. The van der Waals surface area contributed by atoms with E-state index in [2.05, 4.69) is 39.5 Å². The van der Waals surface area contributed by atoms with Crippen molar-refractivity contribution >= 4 is 28.3 Å². The number of carbonyl (C=O) groups is 1. The Kier molecular flexibility index (Phi) is 8.22. The summed E-state index contributed by atoms with van der Waals surface area (Å²) in [6.45, 7) is 7.93. The van der Waals surface area contributed by atoms with Crippen molar-refractivity contribution < 1.29 is 4.79 Å². The molecule has 9 nitrogen and oxygen atoms in total. The molecule has 0 radical (unpaired) electrons. The first kappa shape index (κ1) is 27.7. The molecule has 1 unspecified atom stereocenters. The lowest BCUT2D eigenvalue weighted by Crippen LogP contribution is -2.32. The number of amides is 1. The van der Waals surface area contributed by atoms with Gasteiger partial charge in [0, 0.05) is 36.5 Å². The largest absolute Gasteiger partial charge is 0.381 e. The highest BCUT2D eigenvalue weighted by atomic mass is 16.2. The average molecular weight is 550 g/mol. The smallest absolute Gasteiger partial charge is 0.264 e. The van der Waals surface area contributed by atoms with Crippen molar-refractivity contribution in [1.82, 2.24) is 25.0 Å². The molecule has 5 rings (SSSR count). The van der Waals surface area contributed by atoms with Crippen LogP contribution >= 0.6 is 0 Å². The van der Waals surface area contributed by atoms with E-state index in [1.165, 1.54) is 4.68 Å². The molecule has 1 saturated heterocycles. The molecule has 0 spiro atoms. The molecular weight excluding hydrogens is 514 g/mol. The Labute approximate surface area is 239 Å². The fraction of sp³-hybridized carbons (Fsp3) is 0.281. The minimum Gasteiger partial charge on any atom is -0.381 e. The third kappa shape index (κ3) is 5.74. The SMILES string of the molecule is C=CCNc1c(C(=O)NC(C)c2cc3cccc(C#CC4CCNCC4)c3c(=O)n2-c2ccccc2)c(N)nn1C. The molecular formula is C32H35N7O2. The minimum atomic E-state index is -0.545. The average Bonchev–Trinajstić information content (AvgIpc) is 3.27. The van der Waals surface area contributed by atoms with Crippen molar-refractivity contribution in [3.8, 4) is 17.5 Å². The molecule has 5 N–H and O–H groups in total. The molecule has 41 heavy (non-hydrogen) atoms. The van der Waals surface area contributed by atoms with Crippen molar-refractivity contribution in [2.24, 2.45) is 13.0 Å². The van der Waals surface area contributed by atoms with E-state index >= 15 is 0 Å². The van der Waals surface area contributed by atoms with Gasteiger partial charge >= 0.3 is 0 Å². The van der Waals surface area contributed by atoms with Crippen LogP contribution in [-0.4, -0.2) is 39.9 Å². The number of para-hydroxylation sites is 1. The van der Waals surface area contributed by atoms with E-state index in [4.69, 9.17) is 5.73 Å². The Morgan fingerprint density at radius 3 is 2.71 bits per heavy atom. The Bertz CT molecular complexity index is 1700. The number of benzene rings is 2. The minimum absolute atomic E-state index is 0.111. The number of rotatable bonds is 7. The van der Waals surface area contributed by atoms with E-state index in [1.54, 1.807) is 17.7 Å². The fourth-order valence-electron chi connectivity index (χ4n) is 5.28. The second kappa shape index (κ2) is 12.1. The van der Waals surface area contributed by atoms with Crippen LogP contribution in [0.3, 0.4) is 0 Å². The van der Waals surface area contributed by atoms with Gasteiger partial charge in [0.05, 0.1) is 11.4 Å². The lowest BCUT2D eigenvalue weighted by molar-refractivity contribution is 0.0940. The summed E-state index contributed by atoms with van der Waals surface area (Å²) in [6.07, 6.45) is 3.69. The maximum atomic E-state index is 14.2. The molecule has 0 bridgehead atoms. The van der Waals surface area contributed by atoms with Gasteiger partial charge in [0.15, 0.2) is 5.82 Å². The van der Waals surface area contributed by atoms with Gasteiger partial charge in [-0.3, -0.25) is 18.8 Å². The molecule has 0 aliphatic carbocycles. The number of aryl methyl sites for hydroxylation is 1. The van der Waals surface area contributed by atoms with Crippen molar-refractivity contribution in [2.45, 2.75) is 25.8 Å². The number of carbonyl (C=O) groups excluding carboxylic acids is 1. The first-order valence-electron chi connectivity index (χ1n) is 13.8. The van der Waals surface area contributed by atoms with Crippen LogP contribution in [0.15, 0.2) is 72.0 Å². The van der Waals surface area contributed by atoms with Crippen LogP contribution in [0, 0.1) is 17.8 Å².